The van der Waals surface area contributed by atoms with Crippen LogP contribution in [0.2, 0.25) is 0 Å². The monoisotopic (exact) mass is 473 g/mol. The van der Waals surface area contributed by atoms with Crippen LogP contribution in [0, 0.1) is 0 Å². The standard InChI is InChI=1S/C23H24BrNO5/c1-4-12-25-20(15-8-11-17(29-3)18(13-15)30-5-2)19(22(27)23(25)28)21(26)14-6-9-16(24)10-7-14/h6-11,13,20,26H,4-5,12H2,1-3H3/b21-19-. The minimum absolute atomic E-state index is 0.0726. The second kappa shape index (κ2) is 9.34. The molecule has 1 saturated heterocycles. The summed E-state index contributed by atoms with van der Waals surface area (Å²) >= 11 is 3.36. The van der Waals surface area contributed by atoms with Gasteiger partial charge in [-0.3, -0.25) is 9.59 Å². The van der Waals surface area contributed by atoms with Gasteiger partial charge >= 0.3 is 0 Å². The summed E-state index contributed by atoms with van der Waals surface area (Å²) in [6, 6.07) is 11.5. The Balaban J connectivity index is 2.19. The molecule has 0 aliphatic carbocycles. The molecule has 1 amide bonds. The lowest BCUT2D eigenvalue weighted by atomic mass is 9.95. The van der Waals surface area contributed by atoms with Crippen LogP contribution in [0.3, 0.4) is 0 Å². The lowest BCUT2D eigenvalue weighted by Crippen LogP contribution is -2.30. The third-order valence-corrected chi connectivity index (χ3v) is 5.45. The third-order valence-electron chi connectivity index (χ3n) is 4.93. The van der Waals surface area contributed by atoms with E-state index < -0.39 is 17.7 Å². The number of Topliss-reactive ketones (excluding diaryl/α,β-unsaturated/α-hetero) is 1. The molecule has 1 unspecified atom stereocenters. The van der Waals surface area contributed by atoms with Crippen LogP contribution in [0.25, 0.3) is 5.76 Å². The predicted molar refractivity (Wildman–Crippen MR) is 118 cm³/mol. The molecule has 0 bridgehead atoms. The van der Waals surface area contributed by atoms with Crippen molar-refractivity contribution in [2.75, 3.05) is 20.3 Å². The zero-order chi connectivity index (χ0) is 21.8. The van der Waals surface area contributed by atoms with Crippen LogP contribution >= 0.6 is 15.9 Å². The second-order valence-electron chi connectivity index (χ2n) is 6.84. The van der Waals surface area contributed by atoms with Crippen LogP contribution in [0.1, 0.15) is 37.4 Å². The van der Waals surface area contributed by atoms with Crippen LogP contribution in [-0.4, -0.2) is 42.0 Å². The van der Waals surface area contributed by atoms with Gasteiger partial charge in [0.1, 0.15) is 5.76 Å². The van der Waals surface area contributed by atoms with Gasteiger partial charge in [0, 0.05) is 16.6 Å². The molecule has 2 aromatic carbocycles. The molecule has 1 aliphatic heterocycles. The highest BCUT2D eigenvalue weighted by Gasteiger charge is 2.45. The minimum Gasteiger partial charge on any atom is -0.507 e. The molecule has 158 valence electrons. The second-order valence-corrected chi connectivity index (χ2v) is 7.76. The zero-order valence-electron chi connectivity index (χ0n) is 17.1. The molecule has 1 fully saturated rings. The van der Waals surface area contributed by atoms with Gasteiger partial charge in [0.15, 0.2) is 11.5 Å². The first-order chi connectivity index (χ1) is 14.4. The first-order valence-corrected chi connectivity index (χ1v) is 10.6. The molecule has 1 heterocycles. The number of carbonyl (C=O) groups is 2. The van der Waals surface area contributed by atoms with Crippen molar-refractivity contribution in [1.29, 1.82) is 0 Å². The highest BCUT2D eigenvalue weighted by molar-refractivity contribution is 9.10. The van der Waals surface area contributed by atoms with Gasteiger partial charge in [0.25, 0.3) is 11.7 Å². The smallest absolute Gasteiger partial charge is 0.295 e. The van der Waals surface area contributed by atoms with Gasteiger partial charge in [-0.1, -0.05) is 41.1 Å². The average molecular weight is 474 g/mol. The molecule has 1 N–H and O–H groups in total. The largest absolute Gasteiger partial charge is 0.507 e. The highest BCUT2D eigenvalue weighted by atomic mass is 79.9. The Labute approximate surface area is 184 Å². The average Bonchev–Trinajstić information content (AvgIpc) is 2.99. The zero-order valence-corrected chi connectivity index (χ0v) is 18.7. The van der Waals surface area contributed by atoms with E-state index in [1.807, 2.05) is 13.8 Å². The number of benzene rings is 2. The lowest BCUT2D eigenvalue weighted by Gasteiger charge is -2.25. The Bertz CT molecular complexity index is 984. The normalized spacial score (nSPS) is 18.0. The van der Waals surface area contributed by atoms with E-state index in [9.17, 15) is 14.7 Å². The van der Waals surface area contributed by atoms with E-state index in [-0.39, 0.29) is 11.3 Å². The SMILES string of the molecule is CCCN1C(=O)C(=O)/C(=C(\O)c2ccc(Br)cc2)C1c1ccc(OC)c(OCC)c1. The molecule has 1 atom stereocenters. The molecule has 1 aliphatic rings. The Morgan fingerprint density at radius 3 is 2.40 bits per heavy atom. The molecule has 0 spiro atoms. The van der Waals surface area contributed by atoms with Crippen molar-refractivity contribution in [3.63, 3.8) is 0 Å². The fourth-order valence-corrected chi connectivity index (χ4v) is 3.86. The maximum absolute atomic E-state index is 12.9. The van der Waals surface area contributed by atoms with Gasteiger partial charge in [0.2, 0.25) is 0 Å². The molecule has 2 aromatic rings. The quantitative estimate of drug-likeness (QED) is 0.358. The Morgan fingerprint density at radius 1 is 1.10 bits per heavy atom. The molecule has 30 heavy (non-hydrogen) atoms. The van der Waals surface area contributed by atoms with Crippen molar-refractivity contribution < 1.29 is 24.2 Å². The van der Waals surface area contributed by atoms with Gasteiger partial charge in [-0.05, 0) is 43.2 Å². The van der Waals surface area contributed by atoms with Crippen LogP contribution in [-0.2, 0) is 9.59 Å². The Kier molecular flexibility index (Phi) is 6.82. The molecule has 0 radical (unpaired) electrons. The van der Waals surface area contributed by atoms with Crippen molar-refractivity contribution in [2.45, 2.75) is 26.3 Å². The summed E-state index contributed by atoms with van der Waals surface area (Å²) in [4.78, 5) is 27.2. The maximum Gasteiger partial charge on any atom is 0.295 e. The molecular weight excluding hydrogens is 450 g/mol. The van der Waals surface area contributed by atoms with Gasteiger partial charge in [-0.15, -0.1) is 0 Å². The fourth-order valence-electron chi connectivity index (χ4n) is 3.59. The van der Waals surface area contributed by atoms with E-state index >= 15 is 0 Å². The van der Waals surface area contributed by atoms with E-state index in [1.54, 1.807) is 49.6 Å². The van der Waals surface area contributed by atoms with Gasteiger partial charge in [0.05, 0.1) is 25.3 Å². The third kappa shape index (κ3) is 4.07. The van der Waals surface area contributed by atoms with E-state index in [2.05, 4.69) is 15.9 Å². The first-order valence-electron chi connectivity index (χ1n) is 9.78. The van der Waals surface area contributed by atoms with Gasteiger partial charge in [-0.25, -0.2) is 0 Å². The maximum atomic E-state index is 12.9. The van der Waals surface area contributed by atoms with Crippen LogP contribution in [0.5, 0.6) is 11.5 Å². The van der Waals surface area contributed by atoms with Crippen molar-refractivity contribution in [1.82, 2.24) is 4.90 Å². The molecule has 3 rings (SSSR count). The molecule has 6 nitrogen and oxygen atoms in total. The summed E-state index contributed by atoms with van der Waals surface area (Å²) in [7, 11) is 1.55. The molecule has 0 saturated carbocycles. The van der Waals surface area contributed by atoms with Crippen LogP contribution < -0.4 is 9.47 Å². The fraction of sp³-hybridized carbons (Fsp3) is 0.304. The van der Waals surface area contributed by atoms with Crippen molar-refractivity contribution in [3.8, 4) is 11.5 Å². The molecule has 7 heteroatoms. The number of likely N-dealkylation sites (tertiary alicyclic amines) is 1. The van der Waals surface area contributed by atoms with E-state index in [4.69, 9.17) is 9.47 Å². The van der Waals surface area contributed by atoms with E-state index in [1.165, 1.54) is 4.90 Å². The summed E-state index contributed by atoms with van der Waals surface area (Å²) in [6.07, 6.45) is 0.677. The number of nitrogens with zero attached hydrogens (tertiary/aromatic N) is 1. The van der Waals surface area contributed by atoms with Crippen LogP contribution in [0.4, 0.5) is 0 Å². The number of carbonyl (C=O) groups excluding carboxylic acids is 2. The summed E-state index contributed by atoms with van der Waals surface area (Å²) in [6.45, 7) is 4.63. The number of ketones is 1. The van der Waals surface area contributed by atoms with Crippen molar-refractivity contribution in [2.24, 2.45) is 0 Å². The lowest BCUT2D eigenvalue weighted by molar-refractivity contribution is -0.139. The molecular formula is C23H24BrNO5. The van der Waals surface area contributed by atoms with Gasteiger partial charge < -0.3 is 19.5 Å². The topological polar surface area (TPSA) is 76.1 Å². The first kappa shape index (κ1) is 21.9. The van der Waals surface area contributed by atoms with E-state index in [0.29, 0.717) is 42.2 Å². The Morgan fingerprint density at radius 2 is 1.80 bits per heavy atom. The minimum atomic E-state index is -0.710. The van der Waals surface area contributed by atoms with Gasteiger partial charge in [-0.2, -0.15) is 0 Å². The summed E-state index contributed by atoms with van der Waals surface area (Å²) in [5.41, 5.74) is 1.21. The predicted octanol–water partition coefficient (Wildman–Crippen LogP) is 4.69. The number of hydrogen-bond donors (Lipinski definition) is 1. The summed E-state index contributed by atoms with van der Waals surface area (Å²) < 4.78 is 11.9. The Hall–Kier alpha value is -2.80. The number of halogens is 1. The van der Waals surface area contributed by atoms with E-state index in [0.717, 1.165) is 4.47 Å². The summed E-state index contributed by atoms with van der Waals surface area (Å²) in [5.74, 6) is -0.431. The van der Waals surface area contributed by atoms with Crippen LogP contribution in [0.15, 0.2) is 52.5 Å². The van der Waals surface area contributed by atoms with Crippen molar-refractivity contribution >= 4 is 33.4 Å². The number of aliphatic hydroxyl groups is 1. The molecule has 0 aromatic heterocycles. The summed E-state index contributed by atoms with van der Waals surface area (Å²) in [5, 5.41) is 11.0. The number of hydrogen-bond acceptors (Lipinski definition) is 5. The number of aliphatic hydroxyl groups excluding tert-OH is 1. The highest BCUT2D eigenvalue weighted by Crippen LogP contribution is 2.42. The number of amides is 1. The number of methoxy groups -OCH3 is 1. The number of ether oxygens (including phenoxy) is 2. The van der Waals surface area contributed by atoms with Crippen molar-refractivity contribution in [3.05, 3.63) is 63.6 Å². The number of rotatable bonds is 7.